The Labute approximate surface area is 608 Å². The van der Waals surface area contributed by atoms with Gasteiger partial charge in [-0.2, -0.15) is 12.6 Å². The monoisotopic (exact) mass is 1520 g/mol. The van der Waals surface area contributed by atoms with E-state index in [0.29, 0.717) is 11.1 Å². The molecule has 0 saturated carbocycles. The molecule has 15 amide bonds. The van der Waals surface area contributed by atoms with Gasteiger partial charge in [0.25, 0.3) is 5.91 Å². The molecule has 0 fully saturated rings. The van der Waals surface area contributed by atoms with Gasteiger partial charge in [0.15, 0.2) is 0 Å². The van der Waals surface area contributed by atoms with E-state index in [9.17, 15) is 88.8 Å². The number of nitrogens with zero attached hydrogens (tertiary/aromatic N) is 14. The minimum absolute atomic E-state index is 0.0137. The van der Waals surface area contributed by atoms with Crippen LogP contribution in [-0.2, 0) is 86.8 Å². The molecule has 3 aromatic rings. The van der Waals surface area contributed by atoms with Gasteiger partial charge in [-0.3, -0.25) is 71.9 Å². The lowest BCUT2D eigenvalue weighted by Gasteiger charge is -2.27. The smallest absolute Gasteiger partial charge is 0.254 e. The van der Waals surface area contributed by atoms with Gasteiger partial charge in [0.05, 0.1) is 78.5 Å². The predicted octanol–water partition coefficient (Wildman–Crippen LogP) is -5.69. The van der Waals surface area contributed by atoms with Crippen molar-refractivity contribution < 1.29 is 88.8 Å². The molecule has 104 heavy (non-hydrogen) atoms. The van der Waals surface area contributed by atoms with Gasteiger partial charge in [-0.1, -0.05) is 13.8 Å². The van der Waals surface area contributed by atoms with Crippen molar-refractivity contribution in [2.24, 2.45) is 5.92 Å². The first kappa shape index (κ1) is 87.9. The van der Waals surface area contributed by atoms with Crippen LogP contribution in [0, 0.1) is 5.92 Å². The van der Waals surface area contributed by atoms with E-state index in [1.54, 1.807) is 33.8 Å². The van der Waals surface area contributed by atoms with Gasteiger partial charge in [0, 0.05) is 136 Å². The van der Waals surface area contributed by atoms with Crippen LogP contribution >= 0.6 is 12.6 Å². The van der Waals surface area contributed by atoms with Crippen LogP contribution in [0.1, 0.15) is 45.0 Å². The van der Waals surface area contributed by atoms with E-state index in [-0.39, 0.29) is 23.2 Å². The first-order valence-corrected chi connectivity index (χ1v) is 36.0. The summed E-state index contributed by atoms with van der Waals surface area (Å²) in [4.78, 5) is 221. The molecule has 0 spiro atoms. The second-order valence-corrected chi connectivity index (χ2v) is 30.9. The Morgan fingerprint density at radius 2 is 0.683 bits per heavy atom. The molecule has 1 aromatic carbocycles. The Kier molecular flexibility index (Phi) is 32.8. The van der Waals surface area contributed by atoms with E-state index in [2.05, 4.69) is 59.1 Å². The summed E-state index contributed by atoms with van der Waals surface area (Å²) >= 11 is 4.35. The number of carbonyl (C=O) groups excluding carboxylic acids is 15. The fourth-order valence-corrected chi connectivity index (χ4v) is 9.73. The first-order valence-electron chi connectivity index (χ1n) is 31.7. The number of aromatic nitrogens is 4. The third-order valence-electron chi connectivity index (χ3n) is 15.3. The molecule has 0 radical (unpaired) electrons. The Hall–Kier alpha value is -10.3. The first-order chi connectivity index (χ1) is 48.0. The molecule has 0 aliphatic carbocycles. The van der Waals surface area contributed by atoms with Crippen LogP contribution in [0.15, 0.2) is 53.3 Å². The minimum atomic E-state index is -3.76. The lowest BCUT2D eigenvalue weighted by Crippen LogP contribution is -2.56. The van der Waals surface area contributed by atoms with E-state index >= 15 is 0 Å². The van der Waals surface area contributed by atoms with Crippen LogP contribution in [0.25, 0.3) is 22.3 Å². The van der Waals surface area contributed by atoms with E-state index in [4.69, 9.17) is 0 Å². The van der Waals surface area contributed by atoms with Crippen molar-refractivity contribution in [3.05, 3.63) is 48.5 Å². The van der Waals surface area contributed by atoms with E-state index < -0.39 is 220 Å². The summed E-state index contributed by atoms with van der Waals surface area (Å²) in [5.74, 6) is -10.7. The maximum absolute atomic E-state index is 13.9. The van der Waals surface area contributed by atoms with Crippen LogP contribution in [0.3, 0.4) is 0 Å². The van der Waals surface area contributed by atoms with Crippen LogP contribution in [0.5, 0.6) is 0 Å². The molecule has 2 heterocycles. The summed E-state index contributed by atoms with van der Waals surface area (Å²) in [7, 11) is 5.29. The van der Waals surface area contributed by atoms with E-state index in [1.807, 2.05) is 0 Å². The number of sulfone groups is 2. The third-order valence-corrected chi connectivity index (χ3v) is 17.2. The summed E-state index contributed by atoms with van der Waals surface area (Å²) < 4.78 is 47.6. The largest absolute Gasteiger partial charge is 0.353 e. The minimum Gasteiger partial charge on any atom is -0.353 e. The van der Waals surface area contributed by atoms with Crippen LogP contribution in [0.2, 0.25) is 0 Å². The second kappa shape index (κ2) is 38.8. The molecule has 0 aliphatic rings. The number of carbonyl (C=O) groups is 15. The fraction of sp³-hybridized carbons (Fsp3) is 0.540. The number of rotatable bonds is 36. The molecular formula is C63H93N19O19S3. The topological polar surface area (TPSA) is 468 Å². The normalized spacial score (nSPS) is 11.8. The molecule has 38 nitrogen and oxygen atoms in total. The highest BCUT2D eigenvalue weighted by molar-refractivity contribution is 7.90. The molecule has 0 unspecified atom stereocenters. The zero-order valence-electron chi connectivity index (χ0n) is 61.2. The summed E-state index contributed by atoms with van der Waals surface area (Å²) in [6.45, 7) is 2.10. The number of hydrogen-bond donors (Lipinski definition) is 6. The SMILES string of the molecule is CC(C)[C@H](NC(=O)CNC(=O)CNC(=O)CN(C)C(=O)CN(C)C(=O)CN(C)C(=O)CN(C)C(=O)CN(C)C(=O)CN(C)C(=O)CN(C)C(=O)CN(C)C(=O)CN(C)C(=O)CN(C)C(=O)c1cc(-c2cnc(S(C)(=O)=O)nc2)cc(-c2cnc(S(C)(=O)=O)nc2)c1)C(=O)N[C@@H](C)C(=O)NCC(C)(C)S. The third kappa shape index (κ3) is 28.8. The number of amides is 15. The van der Waals surface area contributed by atoms with Crippen molar-refractivity contribution in [1.82, 2.24) is 95.5 Å². The summed E-state index contributed by atoms with van der Waals surface area (Å²) in [6, 6.07) is 2.47. The Balaban J connectivity index is 1.42. The lowest BCUT2D eigenvalue weighted by atomic mass is 9.98. The van der Waals surface area contributed by atoms with Gasteiger partial charge in [0.1, 0.15) is 12.1 Å². The molecule has 5 N–H and O–H groups in total. The van der Waals surface area contributed by atoms with E-state index in [1.165, 1.54) is 114 Å². The van der Waals surface area contributed by atoms with Gasteiger partial charge < -0.3 is 75.6 Å². The van der Waals surface area contributed by atoms with Gasteiger partial charge in [-0.15, -0.1) is 0 Å². The molecule has 41 heteroatoms. The van der Waals surface area contributed by atoms with Gasteiger partial charge >= 0.3 is 0 Å². The molecule has 2 atom stereocenters. The lowest BCUT2D eigenvalue weighted by molar-refractivity contribution is -0.146. The highest BCUT2D eigenvalue weighted by Crippen LogP contribution is 2.29. The molecule has 3 rings (SSSR count). The van der Waals surface area contributed by atoms with Crippen LogP contribution in [0.4, 0.5) is 0 Å². The molecule has 0 saturated heterocycles. The number of likely N-dealkylation sites (N-methyl/N-ethyl adjacent to an activating group) is 10. The Morgan fingerprint density at radius 1 is 0.394 bits per heavy atom. The van der Waals surface area contributed by atoms with Crippen molar-refractivity contribution in [1.29, 1.82) is 0 Å². The molecular weight excluding hydrogens is 1420 g/mol. The molecule has 0 bridgehead atoms. The summed E-state index contributed by atoms with van der Waals surface area (Å²) in [5, 5.41) is 11.5. The predicted molar refractivity (Wildman–Crippen MR) is 377 cm³/mol. The van der Waals surface area contributed by atoms with Gasteiger partial charge in [-0.25, -0.2) is 36.8 Å². The molecule has 0 aliphatic heterocycles. The zero-order chi connectivity index (χ0) is 79.2. The van der Waals surface area contributed by atoms with Crippen molar-refractivity contribution in [3.63, 3.8) is 0 Å². The van der Waals surface area contributed by atoms with Crippen molar-refractivity contribution in [2.75, 3.05) is 168 Å². The van der Waals surface area contributed by atoms with Crippen molar-refractivity contribution in [2.45, 2.75) is 61.8 Å². The Bertz CT molecular complexity index is 3860. The Morgan fingerprint density at radius 3 is 0.981 bits per heavy atom. The van der Waals surface area contributed by atoms with Crippen molar-refractivity contribution >= 4 is 121 Å². The summed E-state index contributed by atoms with van der Waals surface area (Å²) in [5.41, 5.74) is 1.24. The van der Waals surface area contributed by atoms with Crippen molar-refractivity contribution in [3.8, 4) is 22.3 Å². The summed E-state index contributed by atoms with van der Waals surface area (Å²) in [6.07, 6.45) is 6.77. The number of nitrogens with one attached hydrogen (secondary N) is 5. The second-order valence-electron chi connectivity index (χ2n) is 25.9. The molecule has 572 valence electrons. The quantitative estimate of drug-likeness (QED) is 0.0233. The number of thiol groups is 1. The highest BCUT2D eigenvalue weighted by atomic mass is 32.2. The average molecular weight is 1520 g/mol. The fourth-order valence-electron chi connectivity index (χ4n) is 8.67. The van der Waals surface area contributed by atoms with Crippen LogP contribution in [-0.4, -0.2) is 359 Å². The number of benzene rings is 1. The average Bonchev–Trinajstić information content (AvgIpc) is 0.795. The maximum atomic E-state index is 13.9. The van der Waals surface area contributed by atoms with Gasteiger partial charge in [0.2, 0.25) is 113 Å². The highest BCUT2D eigenvalue weighted by Gasteiger charge is 2.31. The van der Waals surface area contributed by atoms with E-state index in [0.717, 1.165) is 61.5 Å². The standard InChI is InChI=1S/C63H93N19O19S3/c1-38(2)57(59(96)71-39(3)58(95)70-37-63(4,5)102)72-46(84)26-64-45(83)25-65-47(85)27-73(6)48(86)28-74(7)49(87)29-75(8)50(88)30-76(9)51(89)31-77(10)52(90)32-78(11)53(91)33-79(12)54(92)34-80(13)55(93)35-81(14)56(94)36-82(15)60(97)42-19-40(43-21-66-61(67-22-43)103(16,98)99)18-41(20-42)44-23-68-62(69-24-44)104(17,100)101/h18-24,38-39,57,102H,25-37H2,1-17H3,(H,64,83)(H,65,85)(H,70,95)(H,71,96)(H,72,84)/t39-,57-/m0/s1. The maximum Gasteiger partial charge on any atom is 0.254 e. The van der Waals surface area contributed by atoms with Crippen LogP contribution < -0.4 is 26.6 Å². The number of hydrogen-bond acceptors (Lipinski definition) is 24. The zero-order valence-corrected chi connectivity index (χ0v) is 63.8. The van der Waals surface area contributed by atoms with Gasteiger partial charge in [-0.05, 0) is 56.0 Å². The molecule has 2 aromatic heterocycles.